The lowest BCUT2D eigenvalue weighted by Gasteiger charge is -2.50. The highest BCUT2D eigenvalue weighted by molar-refractivity contribution is 7.29. The lowest BCUT2D eigenvalue weighted by molar-refractivity contribution is 0.333. The van der Waals surface area contributed by atoms with E-state index in [2.05, 4.69) is 281 Å². The lowest BCUT2D eigenvalue weighted by Crippen LogP contribution is -2.61. The second kappa shape index (κ2) is 17.1. The van der Waals surface area contributed by atoms with Crippen molar-refractivity contribution in [1.29, 1.82) is 0 Å². The van der Waals surface area contributed by atoms with E-state index in [0.717, 1.165) is 42.7 Å². The second-order valence-corrected chi connectivity index (χ2v) is 28.2. The van der Waals surface area contributed by atoms with Gasteiger partial charge < -0.3 is 14.7 Å². The Bertz CT molecular complexity index is 3470. The SMILES string of the molecule is CC(C)(C)c1ccc(N2c3cc(N(c4ccccc4)c4ccccc4)cc4c3B(c3ccc5c(c3N4c3ccc(C(C)(C)C)cc3-c3ccccc3)C(C)(C)CCC5(C)C)c3sc4c(c32)C(C)(C)CCC4(C)C)cc1. The molecule has 380 valence electrons. The topological polar surface area (TPSA) is 9.72 Å². The van der Waals surface area contributed by atoms with Crippen LogP contribution in [0.1, 0.15) is 155 Å². The van der Waals surface area contributed by atoms with Gasteiger partial charge in [0.1, 0.15) is 0 Å². The average Bonchev–Trinajstić information content (AvgIpc) is 3.82. The fourth-order valence-corrected chi connectivity index (χ4v) is 15.1. The molecule has 12 rings (SSSR count). The van der Waals surface area contributed by atoms with Gasteiger partial charge in [-0.3, -0.25) is 0 Å². The first-order valence-electron chi connectivity index (χ1n) is 27.8. The summed E-state index contributed by atoms with van der Waals surface area (Å²) in [5.74, 6) is 0. The normalized spacial score (nSPS) is 17.6. The Morgan fingerprint density at radius 2 is 0.987 bits per heavy atom. The molecule has 1 aromatic heterocycles. The van der Waals surface area contributed by atoms with Crippen LogP contribution in [0.5, 0.6) is 0 Å². The smallest absolute Gasteiger partial charge is 0.264 e. The van der Waals surface area contributed by atoms with Gasteiger partial charge in [0.2, 0.25) is 0 Å². The number of hydrogen-bond donors (Lipinski definition) is 0. The van der Waals surface area contributed by atoms with E-state index in [1.165, 1.54) is 88.8 Å². The minimum Gasteiger partial charge on any atom is -0.310 e. The Hall–Kier alpha value is -6.30. The van der Waals surface area contributed by atoms with E-state index in [9.17, 15) is 0 Å². The largest absolute Gasteiger partial charge is 0.310 e. The number of nitrogens with zero attached hydrogens (tertiary/aromatic N) is 3. The molecule has 0 saturated carbocycles. The van der Waals surface area contributed by atoms with E-state index in [0.29, 0.717) is 0 Å². The molecule has 0 atom stereocenters. The van der Waals surface area contributed by atoms with Crippen molar-refractivity contribution in [3.63, 3.8) is 0 Å². The Labute approximate surface area is 453 Å². The number of thiophene rings is 1. The first-order chi connectivity index (χ1) is 35.5. The third kappa shape index (κ3) is 7.95. The van der Waals surface area contributed by atoms with Gasteiger partial charge in [-0.25, -0.2) is 0 Å². The maximum atomic E-state index is 2.78. The number of rotatable bonds is 6. The van der Waals surface area contributed by atoms with Crippen LogP contribution in [0, 0.1) is 0 Å². The third-order valence-electron chi connectivity index (χ3n) is 17.9. The summed E-state index contributed by atoms with van der Waals surface area (Å²) in [7, 11) is 0. The van der Waals surface area contributed by atoms with Crippen molar-refractivity contribution in [1.82, 2.24) is 0 Å². The summed E-state index contributed by atoms with van der Waals surface area (Å²) in [4.78, 5) is 9.58. The van der Waals surface area contributed by atoms with Gasteiger partial charge >= 0.3 is 0 Å². The molecule has 0 saturated heterocycles. The zero-order valence-corrected chi connectivity index (χ0v) is 48.0. The zero-order valence-electron chi connectivity index (χ0n) is 47.2. The molecule has 2 aliphatic carbocycles. The molecule has 0 spiro atoms. The highest BCUT2D eigenvalue weighted by Gasteiger charge is 2.53. The Morgan fingerprint density at radius 3 is 1.57 bits per heavy atom. The number of fused-ring (bicyclic) bond motifs is 8. The van der Waals surface area contributed by atoms with E-state index < -0.39 is 0 Å². The molecule has 3 nitrogen and oxygen atoms in total. The van der Waals surface area contributed by atoms with Crippen molar-refractivity contribution in [2.45, 2.75) is 155 Å². The predicted molar refractivity (Wildman–Crippen MR) is 326 cm³/mol. The molecule has 75 heavy (non-hydrogen) atoms. The Balaban J connectivity index is 1.30. The molecule has 3 heterocycles. The summed E-state index contributed by atoms with van der Waals surface area (Å²) in [6.07, 6.45) is 4.56. The quantitative estimate of drug-likeness (QED) is 0.154. The molecule has 0 fully saturated rings. The minimum absolute atomic E-state index is 0.000314. The maximum absolute atomic E-state index is 2.78. The molecule has 7 aromatic carbocycles. The third-order valence-corrected chi connectivity index (χ3v) is 19.6. The minimum atomic E-state index is -0.0955. The van der Waals surface area contributed by atoms with E-state index in [1.54, 1.807) is 4.88 Å². The van der Waals surface area contributed by atoms with Crippen molar-refractivity contribution in [3.8, 4) is 11.1 Å². The molecule has 0 radical (unpaired) electrons. The second-order valence-electron chi connectivity index (χ2n) is 27.1. The summed E-state index contributed by atoms with van der Waals surface area (Å²) < 4.78 is 1.48. The molecule has 2 aliphatic heterocycles. The van der Waals surface area contributed by atoms with Crippen LogP contribution < -0.4 is 30.4 Å². The fraction of sp³-hybridized carbons (Fsp3) is 0.343. The zero-order chi connectivity index (χ0) is 52.8. The van der Waals surface area contributed by atoms with Crippen LogP contribution in [0.25, 0.3) is 11.1 Å². The molecular formula is C70H76BN3S. The Kier molecular flexibility index (Phi) is 11.3. The van der Waals surface area contributed by atoms with Crippen LogP contribution in [0.15, 0.2) is 158 Å². The number of benzene rings is 7. The molecule has 5 heteroatoms. The van der Waals surface area contributed by atoms with Crippen molar-refractivity contribution in [2.24, 2.45) is 0 Å². The van der Waals surface area contributed by atoms with E-state index in [-0.39, 0.29) is 39.2 Å². The molecule has 4 aliphatic rings. The summed E-state index contributed by atoms with van der Waals surface area (Å²) in [6, 6.07) is 60.7. The van der Waals surface area contributed by atoms with Crippen LogP contribution >= 0.6 is 11.3 Å². The molecule has 8 aromatic rings. The highest BCUT2D eigenvalue weighted by Crippen LogP contribution is 2.59. The molecule has 0 N–H and O–H groups in total. The van der Waals surface area contributed by atoms with Crippen LogP contribution in [0.3, 0.4) is 0 Å². The standard InChI is InChI=1S/C70H76BN3S/c1-65(2,3)46-30-33-50(34-31-46)73-56-43-51(72(48-26-20-16-21-27-48)49-28-22-17-23-29-49)44-57-60(56)71(64-62(73)59-63(75-64)70(13,14)41-40-69(59,11)12)54-36-35-53-58(68(9,10)39-38-67(53,7)8)61(54)74(57)55-37-32-47(66(4,5)6)42-52(55)45-24-18-15-19-25-45/h15-37,42-44H,38-41H2,1-14H3. The predicted octanol–water partition coefficient (Wildman–Crippen LogP) is 18.3. The molecule has 0 amide bonds. The number of hydrogen-bond acceptors (Lipinski definition) is 4. The first-order valence-corrected chi connectivity index (χ1v) is 28.6. The van der Waals surface area contributed by atoms with Gasteiger partial charge in [0.05, 0.1) is 17.1 Å². The van der Waals surface area contributed by atoms with Gasteiger partial charge in [-0.05, 0) is 163 Å². The first kappa shape index (κ1) is 49.6. The van der Waals surface area contributed by atoms with Gasteiger partial charge in [0.15, 0.2) is 0 Å². The van der Waals surface area contributed by atoms with Gasteiger partial charge in [-0.15, -0.1) is 0 Å². The fourth-order valence-electron chi connectivity index (χ4n) is 13.4. The van der Waals surface area contributed by atoms with Crippen molar-refractivity contribution < 1.29 is 0 Å². The number of anilines is 9. The molecular weight excluding hydrogens is 926 g/mol. The van der Waals surface area contributed by atoms with E-state index >= 15 is 0 Å². The monoisotopic (exact) mass is 1000 g/mol. The summed E-state index contributed by atoms with van der Waals surface area (Å²) >= 11 is 2.13. The molecule has 0 unspecified atom stereocenters. The van der Waals surface area contributed by atoms with Crippen LogP contribution in [-0.4, -0.2) is 6.71 Å². The lowest BCUT2D eigenvalue weighted by atomic mass is 9.35. The van der Waals surface area contributed by atoms with Crippen molar-refractivity contribution in [3.05, 3.63) is 190 Å². The van der Waals surface area contributed by atoms with Crippen LogP contribution in [0.2, 0.25) is 0 Å². The maximum Gasteiger partial charge on any atom is 0.264 e. The van der Waals surface area contributed by atoms with Crippen LogP contribution in [-0.2, 0) is 32.5 Å². The van der Waals surface area contributed by atoms with Gasteiger partial charge in [-0.2, -0.15) is 11.3 Å². The summed E-state index contributed by atoms with van der Waals surface area (Å²) in [5, 5.41) is 0. The van der Waals surface area contributed by atoms with E-state index in [4.69, 9.17) is 0 Å². The van der Waals surface area contributed by atoms with E-state index in [1.807, 2.05) is 0 Å². The van der Waals surface area contributed by atoms with Crippen molar-refractivity contribution >= 4 is 84.9 Å². The van der Waals surface area contributed by atoms with Crippen molar-refractivity contribution in [2.75, 3.05) is 14.7 Å². The average molecular weight is 1000 g/mol. The van der Waals surface area contributed by atoms with Gasteiger partial charge in [-0.1, -0.05) is 194 Å². The van der Waals surface area contributed by atoms with Crippen LogP contribution in [0.4, 0.5) is 51.2 Å². The number of para-hydroxylation sites is 2. The summed E-state index contributed by atoms with van der Waals surface area (Å²) in [5.41, 5.74) is 23.4. The van der Waals surface area contributed by atoms with Gasteiger partial charge in [0.25, 0.3) is 6.71 Å². The molecule has 0 bridgehead atoms. The summed E-state index contributed by atoms with van der Waals surface area (Å²) in [6.45, 7) is 34.2. The van der Waals surface area contributed by atoms with Gasteiger partial charge in [0, 0.05) is 49.3 Å². The Morgan fingerprint density at radius 1 is 0.467 bits per heavy atom. The highest BCUT2D eigenvalue weighted by atomic mass is 32.1.